The molecule has 1 atom stereocenters. The van der Waals surface area contributed by atoms with Crippen molar-refractivity contribution < 1.29 is 14.4 Å². The lowest BCUT2D eigenvalue weighted by Gasteiger charge is -2.13. The zero-order valence-corrected chi connectivity index (χ0v) is 74.0. The second-order valence-electron chi connectivity index (χ2n) is 29.1. The Morgan fingerprint density at radius 2 is 0.724 bits per heavy atom. The zero-order valence-electron chi connectivity index (χ0n) is 64.2. The number of carbonyl (C=O) groups is 3. The van der Waals surface area contributed by atoms with Crippen LogP contribution in [0, 0.1) is 5.92 Å². The standard InChI is InChI=1S/C88H116N2O3S12/c1-9-17-24-28-32-36-43-61-53-65(57-75-85(92)89(87(94)103-75)51-40-21-13-5)96-78(61)68-47-49-70(98-68)80-63(45-38-34-30-26-19-11-3)55-73(101-80)82-67-59-72(77(91)60(16-8)42-23-15-7)100-83(67)84(105-82)74-56-64(46-39-35-31-27-20-12-4)81(102-74)71-50-48-69(99-71)79-62(44-37-33-29-25-18-10-2)54-66(97-79)58-76-86(93)90(88(95)104-76)52-41-22-14-6/h47-50,53-60H,9-46,51-52H2,1-8H3/b75-57-,76-58-. The number of Topliss-reactive ketones (excluding diaryl/α,β-unsaturated/α-hetero) is 1. The van der Waals surface area contributed by atoms with Crippen molar-refractivity contribution in [2.45, 2.75) is 299 Å². The summed E-state index contributed by atoms with van der Waals surface area (Å²) in [6.07, 6.45) is 48.6. The maximum Gasteiger partial charge on any atom is 0.266 e. The molecule has 8 aromatic rings. The van der Waals surface area contributed by atoms with E-state index in [4.69, 9.17) is 24.4 Å². The molecule has 2 aliphatic rings. The molecular formula is C88H116N2O3S12. The highest BCUT2D eigenvalue weighted by Gasteiger charge is 2.34. The van der Waals surface area contributed by atoms with Gasteiger partial charge in [-0.25, -0.2) is 0 Å². The van der Waals surface area contributed by atoms with Gasteiger partial charge < -0.3 is 0 Å². The van der Waals surface area contributed by atoms with Crippen LogP contribution in [0.2, 0.25) is 0 Å². The lowest BCUT2D eigenvalue weighted by molar-refractivity contribution is -0.123. The topological polar surface area (TPSA) is 57.7 Å². The average Bonchev–Trinajstić information content (AvgIpc) is 1.58. The van der Waals surface area contributed by atoms with E-state index in [1.807, 2.05) is 89.2 Å². The van der Waals surface area contributed by atoms with Gasteiger partial charge in [-0.1, -0.05) is 270 Å². The number of amides is 2. The molecule has 0 aliphatic carbocycles. The summed E-state index contributed by atoms with van der Waals surface area (Å²) in [4.78, 5) is 67.0. The average molecular weight is 1630 g/mol. The van der Waals surface area contributed by atoms with Crippen LogP contribution in [0.4, 0.5) is 0 Å². The second-order valence-corrected chi connectivity index (χ2v) is 41.0. The number of unbranched alkanes of at least 4 members (excludes halogenated alkanes) is 25. The summed E-state index contributed by atoms with van der Waals surface area (Å²) in [6, 6.07) is 21.8. The quantitative estimate of drug-likeness (QED) is 0.0163. The maximum atomic E-state index is 15.0. The van der Waals surface area contributed by atoms with Gasteiger partial charge in [-0.3, -0.25) is 24.2 Å². The van der Waals surface area contributed by atoms with Gasteiger partial charge in [-0.2, -0.15) is 0 Å². The Balaban J connectivity index is 1.05. The number of aryl methyl sites for hydroxylation is 4. The summed E-state index contributed by atoms with van der Waals surface area (Å²) in [6.45, 7) is 19.4. The molecule has 8 aromatic heterocycles. The Morgan fingerprint density at radius 3 is 1.11 bits per heavy atom. The van der Waals surface area contributed by atoms with E-state index in [0.29, 0.717) is 27.5 Å². The number of nitrogens with zero attached hydrogens (tertiary/aromatic N) is 2. The Bertz CT molecular complexity index is 3920. The summed E-state index contributed by atoms with van der Waals surface area (Å²) >= 11 is 29.8. The Morgan fingerprint density at radius 1 is 0.371 bits per heavy atom. The number of rotatable bonds is 50. The van der Waals surface area contributed by atoms with Crippen LogP contribution in [0.25, 0.3) is 80.8 Å². The largest absolute Gasteiger partial charge is 0.293 e. The van der Waals surface area contributed by atoms with Crippen molar-refractivity contribution in [2.75, 3.05) is 13.1 Å². The molecule has 568 valence electrons. The van der Waals surface area contributed by atoms with Crippen molar-refractivity contribution in [3.05, 3.63) is 101 Å². The zero-order chi connectivity index (χ0) is 74.0. The van der Waals surface area contributed by atoms with Crippen LogP contribution in [0.15, 0.2) is 64.4 Å². The summed E-state index contributed by atoms with van der Waals surface area (Å²) in [7, 11) is 0. The molecule has 0 spiro atoms. The highest BCUT2D eigenvalue weighted by molar-refractivity contribution is 8.27. The third kappa shape index (κ3) is 23.0. The molecule has 0 N–H and O–H groups in total. The predicted molar refractivity (Wildman–Crippen MR) is 484 cm³/mol. The van der Waals surface area contributed by atoms with Crippen molar-refractivity contribution in [2.24, 2.45) is 5.92 Å². The first-order chi connectivity index (χ1) is 51.3. The summed E-state index contributed by atoms with van der Waals surface area (Å²) in [5, 5.41) is 1.23. The predicted octanol–water partition coefficient (Wildman–Crippen LogP) is 32.1. The molecular weight excluding hydrogens is 1520 g/mol. The Labute approximate surface area is 682 Å². The van der Waals surface area contributed by atoms with Crippen molar-refractivity contribution in [1.29, 1.82) is 0 Å². The number of thiophene rings is 8. The van der Waals surface area contributed by atoms with E-state index in [1.165, 1.54) is 243 Å². The number of thioether (sulfide) groups is 2. The molecule has 105 heavy (non-hydrogen) atoms. The van der Waals surface area contributed by atoms with E-state index in [1.54, 1.807) is 11.3 Å². The molecule has 10 heterocycles. The van der Waals surface area contributed by atoms with Crippen LogP contribution >= 0.6 is 139 Å². The van der Waals surface area contributed by atoms with Crippen LogP contribution in [0.1, 0.15) is 315 Å². The smallest absolute Gasteiger partial charge is 0.266 e. The minimum atomic E-state index is 0.0181. The van der Waals surface area contributed by atoms with Gasteiger partial charge in [0.2, 0.25) is 0 Å². The van der Waals surface area contributed by atoms with Gasteiger partial charge in [0.15, 0.2) is 5.78 Å². The van der Waals surface area contributed by atoms with E-state index in [-0.39, 0.29) is 17.7 Å². The van der Waals surface area contributed by atoms with Crippen LogP contribution in [0.3, 0.4) is 0 Å². The van der Waals surface area contributed by atoms with Crippen LogP contribution in [-0.2, 0) is 35.3 Å². The fraction of sp³-hybridized carbons (Fsp3) is 0.557. The highest BCUT2D eigenvalue weighted by atomic mass is 32.2. The molecule has 2 amide bonds. The summed E-state index contributed by atoms with van der Waals surface area (Å²) in [5.41, 5.74) is 5.67. The van der Waals surface area contributed by atoms with Gasteiger partial charge >= 0.3 is 0 Å². The minimum Gasteiger partial charge on any atom is -0.293 e. The molecule has 2 saturated heterocycles. The number of hydrogen-bond acceptors (Lipinski definition) is 15. The SMILES string of the molecule is CCCCCCCCc1cc(/C=C2\SC(=S)N(CCCCC)C2=O)sc1-c1ccc(-c2sc(-c3sc(-c4cc(CCCCCCCC)c(-c5ccc(-c6sc(/C=C7\SC(=S)N(CCCCC)C7=O)cc6CCCCCCCC)s5)s4)c4sc(C(=O)C(CC)CCCC)cc34)cc2CCCCCCCC)s1. The van der Waals surface area contributed by atoms with Crippen molar-refractivity contribution in [3.8, 4) is 58.5 Å². The van der Waals surface area contributed by atoms with E-state index in [2.05, 4.69) is 122 Å². The summed E-state index contributed by atoms with van der Waals surface area (Å²) in [5.74, 6) is 0.439. The lowest BCUT2D eigenvalue weighted by atomic mass is 9.94. The van der Waals surface area contributed by atoms with Gasteiger partial charge in [0.1, 0.15) is 8.64 Å². The Kier molecular flexibility index (Phi) is 35.5. The minimum absolute atomic E-state index is 0.0181. The fourth-order valence-electron chi connectivity index (χ4n) is 14.5. The molecule has 0 saturated carbocycles. The van der Waals surface area contributed by atoms with Gasteiger partial charge in [0.05, 0.1) is 29.1 Å². The normalized spacial score (nSPS) is 14.7. The molecule has 2 aliphatic heterocycles. The molecule has 0 aromatic carbocycles. The number of fused-ring (bicyclic) bond motifs is 1. The third-order valence-electron chi connectivity index (χ3n) is 20.7. The second kappa shape index (κ2) is 44.2. The molecule has 1 unspecified atom stereocenters. The van der Waals surface area contributed by atoms with E-state index < -0.39 is 0 Å². The fourth-order valence-corrected chi connectivity index (χ4v) is 27.5. The number of thiocarbonyl (C=S) groups is 2. The molecule has 2 fully saturated rings. The van der Waals surface area contributed by atoms with Gasteiger partial charge in [-0.15, -0.1) is 90.7 Å². The first-order valence-corrected chi connectivity index (χ1v) is 49.7. The van der Waals surface area contributed by atoms with Crippen LogP contribution in [0.5, 0.6) is 0 Å². The Hall–Kier alpha value is -3.17. The van der Waals surface area contributed by atoms with E-state index in [9.17, 15) is 14.4 Å². The number of carbonyl (C=O) groups excluding carboxylic acids is 3. The van der Waals surface area contributed by atoms with E-state index >= 15 is 0 Å². The van der Waals surface area contributed by atoms with Crippen molar-refractivity contribution >= 4 is 187 Å². The molecule has 5 nitrogen and oxygen atoms in total. The van der Waals surface area contributed by atoms with Crippen LogP contribution in [-0.4, -0.2) is 49.1 Å². The lowest BCUT2D eigenvalue weighted by Crippen LogP contribution is -2.28. The number of hydrogen-bond donors (Lipinski definition) is 0. The molecule has 0 radical (unpaired) electrons. The molecule has 17 heteroatoms. The van der Waals surface area contributed by atoms with Crippen molar-refractivity contribution in [1.82, 2.24) is 9.80 Å². The van der Waals surface area contributed by atoms with Gasteiger partial charge in [-0.05, 0) is 166 Å². The molecule has 10 rings (SSSR count). The highest BCUT2D eigenvalue weighted by Crippen LogP contribution is 2.56. The van der Waals surface area contributed by atoms with Gasteiger partial charge in [0.25, 0.3) is 11.8 Å². The monoisotopic (exact) mass is 1630 g/mol. The van der Waals surface area contributed by atoms with Crippen LogP contribution < -0.4 is 0 Å². The maximum absolute atomic E-state index is 15.0. The third-order valence-corrected chi connectivity index (χ3v) is 33.8. The first kappa shape index (κ1) is 84.3. The van der Waals surface area contributed by atoms with Crippen molar-refractivity contribution in [3.63, 3.8) is 0 Å². The van der Waals surface area contributed by atoms with E-state index in [0.717, 1.165) is 140 Å². The summed E-state index contributed by atoms with van der Waals surface area (Å²) < 4.78 is 2.62. The molecule has 0 bridgehead atoms. The first-order valence-electron chi connectivity index (χ1n) is 40.7. The van der Waals surface area contributed by atoms with Gasteiger partial charge in [0, 0.05) is 82.9 Å². The number of ketones is 1.